The van der Waals surface area contributed by atoms with Crippen LogP contribution in [0.15, 0.2) is 41.4 Å². The Kier molecular flexibility index (Phi) is 4.17. The van der Waals surface area contributed by atoms with Gasteiger partial charge in [-0.3, -0.25) is 4.79 Å². The fourth-order valence-electron chi connectivity index (χ4n) is 3.65. The minimum absolute atomic E-state index is 0.0330. The van der Waals surface area contributed by atoms with Crippen molar-refractivity contribution in [1.82, 2.24) is 15.3 Å². The van der Waals surface area contributed by atoms with Crippen molar-refractivity contribution in [1.29, 1.82) is 0 Å². The van der Waals surface area contributed by atoms with Crippen LogP contribution in [-0.2, 0) is 16.1 Å². The molecule has 0 spiro atoms. The number of hydrogen-bond acceptors (Lipinski definition) is 6. The molecule has 4 heterocycles. The third-order valence-corrected chi connectivity index (χ3v) is 4.88. The van der Waals surface area contributed by atoms with Crippen LogP contribution < -0.4 is 10.2 Å². The van der Waals surface area contributed by atoms with E-state index in [9.17, 15) is 4.79 Å². The van der Waals surface area contributed by atoms with Crippen LogP contribution in [0.4, 0.5) is 5.82 Å². The molecule has 1 amide bonds. The summed E-state index contributed by atoms with van der Waals surface area (Å²) in [5.41, 5.74) is 0. The van der Waals surface area contributed by atoms with Crippen molar-refractivity contribution >= 4 is 11.7 Å². The van der Waals surface area contributed by atoms with Gasteiger partial charge in [-0.2, -0.15) is 0 Å². The Balaban J connectivity index is 1.42. The normalized spacial score (nSPS) is 26.2. The number of rotatable bonds is 4. The molecule has 2 aromatic rings. The predicted octanol–water partition coefficient (Wildman–Crippen LogP) is 1.08. The summed E-state index contributed by atoms with van der Waals surface area (Å²) >= 11 is 0. The van der Waals surface area contributed by atoms with E-state index in [-0.39, 0.29) is 17.7 Å². The number of anilines is 1. The van der Waals surface area contributed by atoms with Gasteiger partial charge in [0.1, 0.15) is 17.9 Å². The topological polar surface area (TPSA) is 80.5 Å². The van der Waals surface area contributed by atoms with Gasteiger partial charge in [0, 0.05) is 25.2 Å². The van der Waals surface area contributed by atoms with Gasteiger partial charge in [0.05, 0.1) is 31.9 Å². The van der Waals surface area contributed by atoms with E-state index in [0.29, 0.717) is 25.7 Å². The maximum Gasteiger partial charge on any atom is 0.226 e. The van der Waals surface area contributed by atoms with E-state index < -0.39 is 0 Å². The van der Waals surface area contributed by atoms with E-state index >= 15 is 0 Å². The van der Waals surface area contributed by atoms with Crippen LogP contribution in [0.2, 0.25) is 0 Å². The van der Waals surface area contributed by atoms with Crippen LogP contribution in [0.1, 0.15) is 5.76 Å². The number of carbonyl (C=O) groups excluding carboxylic acids is 1. The van der Waals surface area contributed by atoms with Gasteiger partial charge in [-0.25, -0.2) is 9.97 Å². The summed E-state index contributed by atoms with van der Waals surface area (Å²) in [5.74, 6) is 2.20. The molecule has 2 aromatic heterocycles. The number of nitrogens with one attached hydrogen (secondary N) is 1. The second kappa shape index (κ2) is 6.60. The van der Waals surface area contributed by atoms with E-state index in [4.69, 9.17) is 9.15 Å². The Morgan fingerprint density at radius 2 is 2.29 bits per heavy atom. The first-order valence-electron chi connectivity index (χ1n) is 8.20. The van der Waals surface area contributed by atoms with Crippen molar-refractivity contribution in [2.24, 2.45) is 17.8 Å². The van der Waals surface area contributed by atoms with E-state index in [1.807, 2.05) is 18.2 Å². The molecule has 0 bridgehead atoms. The Morgan fingerprint density at radius 1 is 1.33 bits per heavy atom. The molecule has 2 aliphatic rings. The number of aromatic nitrogens is 2. The molecule has 126 valence electrons. The zero-order valence-corrected chi connectivity index (χ0v) is 13.3. The smallest absolute Gasteiger partial charge is 0.226 e. The number of furan rings is 1. The maximum atomic E-state index is 12.6. The summed E-state index contributed by atoms with van der Waals surface area (Å²) in [6.45, 7) is 3.28. The highest BCUT2D eigenvalue weighted by atomic mass is 16.5. The fraction of sp³-hybridized carbons (Fsp3) is 0.471. The van der Waals surface area contributed by atoms with Crippen LogP contribution in [0.5, 0.6) is 0 Å². The number of fused-ring (bicyclic) bond motifs is 1. The molecule has 0 aliphatic carbocycles. The molecule has 7 heteroatoms. The minimum atomic E-state index is -0.134. The first-order valence-corrected chi connectivity index (χ1v) is 8.20. The van der Waals surface area contributed by atoms with Crippen molar-refractivity contribution in [2.75, 3.05) is 31.2 Å². The van der Waals surface area contributed by atoms with Gasteiger partial charge in [-0.05, 0) is 24.1 Å². The van der Waals surface area contributed by atoms with Crippen molar-refractivity contribution in [3.8, 4) is 0 Å². The summed E-state index contributed by atoms with van der Waals surface area (Å²) in [7, 11) is 0. The van der Waals surface area contributed by atoms with Gasteiger partial charge in [-0.1, -0.05) is 0 Å². The summed E-state index contributed by atoms with van der Waals surface area (Å²) in [4.78, 5) is 23.1. The van der Waals surface area contributed by atoms with Gasteiger partial charge in [-0.15, -0.1) is 0 Å². The molecular formula is C17H20N4O3. The average molecular weight is 328 g/mol. The summed E-state index contributed by atoms with van der Waals surface area (Å²) in [6, 6.07) is 5.58. The summed E-state index contributed by atoms with van der Waals surface area (Å²) in [6.07, 6.45) is 4.91. The van der Waals surface area contributed by atoms with Crippen LogP contribution in [0.3, 0.4) is 0 Å². The number of amides is 1. The first kappa shape index (κ1) is 15.1. The SMILES string of the molecule is O=C(NCc1ccco1)[C@@H]1COC[C@@H]2CN(c3ccncn3)C[C@@H]21. The maximum absolute atomic E-state index is 12.6. The van der Waals surface area contributed by atoms with Crippen LogP contribution in [0, 0.1) is 17.8 Å². The van der Waals surface area contributed by atoms with E-state index in [1.54, 1.807) is 18.8 Å². The second-order valence-electron chi connectivity index (χ2n) is 6.34. The van der Waals surface area contributed by atoms with Gasteiger partial charge in [0.15, 0.2) is 0 Å². The lowest BCUT2D eigenvalue weighted by atomic mass is 9.82. The molecule has 0 radical (unpaired) electrons. The number of ether oxygens (including phenoxy) is 1. The van der Waals surface area contributed by atoms with E-state index in [1.165, 1.54) is 0 Å². The lowest BCUT2D eigenvalue weighted by molar-refractivity contribution is -0.133. The zero-order valence-electron chi connectivity index (χ0n) is 13.3. The first-order chi connectivity index (χ1) is 11.8. The van der Waals surface area contributed by atoms with Crippen LogP contribution in [0.25, 0.3) is 0 Å². The molecule has 0 unspecified atom stereocenters. The second-order valence-corrected chi connectivity index (χ2v) is 6.34. The fourth-order valence-corrected chi connectivity index (χ4v) is 3.65. The molecule has 0 aromatic carbocycles. The average Bonchev–Trinajstić information content (AvgIpc) is 3.29. The van der Waals surface area contributed by atoms with Gasteiger partial charge in [0.25, 0.3) is 0 Å². The van der Waals surface area contributed by atoms with E-state index in [2.05, 4.69) is 20.2 Å². The Morgan fingerprint density at radius 3 is 3.08 bits per heavy atom. The molecule has 2 aliphatic heterocycles. The summed E-state index contributed by atoms with van der Waals surface area (Å²) in [5, 5.41) is 2.97. The standard InChI is InChI=1S/C17H20N4O3/c22-17(19-6-13-2-1-5-24-13)15-10-23-9-12-7-21(8-14(12)15)16-3-4-18-11-20-16/h1-5,11-12,14-15H,6-10H2,(H,19,22)/t12-,14-,15+/m0/s1. The lowest BCUT2D eigenvalue weighted by Crippen LogP contribution is -2.44. The van der Waals surface area contributed by atoms with Crippen molar-refractivity contribution in [3.05, 3.63) is 42.7 Å². The molecule has 7 nitrogen and oxygen atoms in total. The monoisotopic (exact) mass is 328 g/mol. The summed E-state index contributed by atoms with van der Waals surface area (Å²) < 4.78 is 11.0. The third kappa shape index (κ3) is 2.99. The van der Waals surface area contributed by atoms with Gasteiger partial charge >= 0.3 is 0 Å². The predicted molar refractivity (Wildman–Crippen MR) is 86.1 cm³/mol. The highest BCUT2D eigenvalue weighted by Gasteiger charge is 2.44. The highest BCUT2D eigenvalue weighted by Crippen LogP contribution is 2.35. The van der Waals surface area contributed by atoms with Crippen molar-refractivity contribution < 1.29 is 13.9 Å². The van der Waals surface area contributed by atoms with Gasteiger partial charge < -0.3 is 19.4 Å². The molecule has 4 rings (SSSR count). The quantitative estimate of drug-likeness (QED) is 0.905. The molecule has 2 saturated heterocycles. The minimum Gasteiger partial charge on any atom is -0.467 e. The molecule has 3 atom stereocenters. The Labute approximate surface area is 140 Å². The van der Waals surface area contributed by atoms with Crippen molar-refractivity contribution in [2.45, 2.75) is 6.54 Å². The largest absolute Gasteiger partial charge is 0.467 e. The molecule has 2 fully saturated rings. The highest BCUT2D eigenvalue weighted by molar-refractivity contribution is 5.79. The number of carbonyl (C=O) groups is 1. The Bertz CT molecular complexity index is 676. The van der Waals surface area contributed by atoms with E-state index in [0.717, 1.165) is 24.7 Å². The molecule has 24 heavy (non-hydrogen) atoms. The number of hydrogen-bond donors (Lipinski definition) is 1. The van der Waals surface area contributed by atoms with Crippen LogP contribution >= 0.6 is 0 Å². The Hall–Kier alpha value is -2.41. The molecular weight excluding hydrogens is 308 g/mol. The number of nitrogens with zero attached hydrogens (tertiary/aromatic N) is 3. The van der Waals surface area contributed by atoms with Gasteiger partial charge in [0.2, 0.25) is 5.91 Å². The lowest BCUT2D eigenvalue weighted by Gasteiger charge is -2.31. The zero-order chi connectivity index (χ0) is 16.4. The van der Waals surface area contributed by atoms with Crippen molar-refractivity contribution in [3.63, 3.8) is 0 Å². The molecule has 0 saturated carbocycles. The molecule has 1 N–H and O–H groups in total. The third-order valence-electron chi connectivity index (χ3n) is 4.88. The van der Waals surface area contributed by atoms with Crippen LogP contribution in [-0.4, -0.2) is 42.2 Å².